The second-order valence-electron chi connectivity index (χ2n) is 5.50. The number of hydrogen-bond donors (Lipinski definition) is 1. The van der Waals surface area contributed by atoms with E-state index in [-0.39, 0.29) is 17.2 Å². The minimum atomic E-state index is -0.511. The van der Waals surface area contributed by atoms with Gasteiger partial charge in [0.15, 0.2) is 0 Å². The first-order valence-corrected chi connectivity index (χ1v) is 7.21. The maximum atomic E-state index is 12.2. The van der Waals surface area contributed by atoms with E-state index in [4.69, 9.17) is 0 Å². The van der Waals surface area contributed by atoms with Gasteiger partial charge in [0.2, 0.25) is 0 Å². The van der Waals surface area contributed by atoms with Gasteiger partial charge in [-0.2, -0.15) is 0 Å². The summed E-state index contributed by atoms with van der Waals surface area (Å²) in [4.78, 5) is 24.5. The molecular formula is C17H19N3O3. The Morgan fingerprint density at radius 3 is 2.48 bits per heavy atom. The molecule has 0 radical (unpaired) electrons. The maximum Gasteiger partial charge on any atom is 0.270 e. The van der Waals surface area contributed by atoms with E-state index in [0.29, 0.717) is 6.54 Å². The SMILES string of the molecule is CN(C)Cc1ccccc1CNC(=O)c1cccc([N+](=O)[O-])c1. The molecular weight excluding hydrogens is 294 g/mol. The molecule has 0 atom stereocenters. The number of carbonyl (C=O) groups excluding carboxylic acids is 1. The van der Waals surface area contributed by atoms with Gasteiger partial charge in [0.05, 0.1) is 4.92 Å². The zero-order valence-corrected chi connectivity index (χ0v) is 13.2. The van der Waals surface area contributed by atoms with Crippen molar-refractivity contribution in [3.05, 3.63) is 75.3 Å². The third-order valence-electron chi connectivity index (χ3n) is 3.36. The minimum Gasteiger partial charge on any atom is -0.348 e. The van der Waals surface area contributed by atoms with Crippen molar-refractivity contribution < 1.29 is 9.72 Å². The number of non-ortho nitro benzene ring substituents is 1. The van der Waals surface area contributed by atoms with Crippen molar-refractivity contribution in [2.24, 2.45) is 0 Å². The molecule has 0 unspecified atom stereocenters. The molecule has 0 aliphatic heterocycles. The number of hydrogen-bond acceptors (Lipinski definition) is 4. The van der Waals surface area contributed by atoms with Crippen molar-refractivity contribution in [1.29, 1.82) is 0 Å². The van der Waals surface area contributed by atoms with E-state index in [2.05, 4.69) is 10.2 Å². The lowest BCUT2D eigenvalue weighted by Crippen LogP contribution is -2.24. The van der Waals surface area contributed by atoms with E-state index >= 15 is 0 Å². The Morgan fingerprint density at radius 1 is 1.13 bits per heavy atom. The molecule has 2 rings (SSSR count). The summed E-state index contributed by atoms with van der Waals surface area (Å²) in [7, 11) is 3.97. The normalized spacial score (nSPS) is 10.6. The third-order valence-corrected chi connectivity index (χ3v) is 3.36. The molecule has 1 N–H and O–H groups in total. The van der Waals surface area contributed by atoms with Crippen LogP contribution in [0.4, 0.5) is 5.69 Å². The number of nitro benzene ring substituents is 1. The van der Waals surface area contributed by atoms with Gasteiger partial charge in [0.25, 0.3) is 11.6 Å². The van der Waals surface area contributed by atoms with Crippen LogP contribution in [0.3, 0.4) is 0 Å². The third kappa shape index (κ3) is 4.62. The van der Waals surface area contributed by atoms with Gasteiger partial charge in [-0.3, -0.25) is 14.9 Å². The van der Waals surface area contributed by atoms with Crippen molar-refractivity contribution in [3.63, 3.8) is 0 Å². The molecule has 2 aromatic rings. The van der Waals surface area contributed by atoms with Gasteiger partial charge < -0.3 is 10.2 Å². The Labute approximate surface area is 134 Å². The number of nitrogens with one attached hydrogen (secondary N) is 1. The Morgan fingerprint density at radius 2 is 1.83 bits per heavy atom. The molecule has 0 spiro atoms. The van der Waals surface area contributed by atoms with Crippen LogP contribution in [-0.2, 0) is 13.1 Å². The van der Waals surface area contributed by atoms with Gasteiger partial charge in [-0.15, -0.1) is 0 Å². The molecule has 0 bridgehead atoms. The monoisotopic (exact) mass is 313 g/mol. The van der Waals surface area contributed by atoms with Gasteiger partial charge in [-0.1, -0.05) is 30.3 Å². The van der Waals surface area contributed by atoms with Crippen LogP contribution in [0.2, 0.25) is 0 Å². The molecule has 6 heteroatoms. The summed E-state index contributed by atoms with van der Waals surface area (Å²) in [5.74, 6) is -0.326. The molecule has 0 saturated carbocycles. The molecule has 2 aromatic carbocycles. The summed E-state index contributed by atoms with van der Waals surface area (Å²) in [6.45, 7) is 1.16. The topological polar surface area (TPSA) is 75.5 Å². The van der Waals surface area contributed by atoms with Crippen LogP contribution >= 0.6 is 0 Å². The average Bonchev–Trinajstić information content (AvgIpc) is 2.53. The number of nitrogens with zero attached hydrogens (tertiary/aromatic N) is 2. The van der Waals surface area contributed by atoms with Gasteiger partial charge >= 0.3 is 0 Å². The quantitative estimate of drug-likeness (QED) is 0.657. The van der Waals surface area contributed by atoms with Crippen LogP contribution < -0.4 is 5.32 Å². The second kappa shape index (κ2) is 7.51. The largest absolute Gasteiger partial charge is 0.348 e. The van der Waals surface area contributed by atoms with E-state index < -0.39 is 4.92 Å². The number of rotatable bonds is 6. The van der Waals surface area contributed by atoms with Crippen molar-refractivity contribution in [2.45, 2.75) is 13.1 Å². The molecule has 6 nitrogen and oxygen atoms in total. The predicted molar refractivity (Wildman–Crippen MR) is 88.1 cm³/mol. The summed E-state index contributed by atoms with van der Waals surface area (Å²) in [6, 6.07) is 13.6. The lowest BCUT2D eigenvalue weighted by atomic mass is 10.1. The van der Waals surface area contributed by atoms with Crippen molar-refractivity contribution in [2.75, 3.05) is 14.1 Å². The van der Waals surface area contributed by atoms with Crippen LogP contribution in [0.15, 0.2) is 48.5 Å². The lowest BCUT2D eigenvalue weighted by Gasteiger charge is -2.14. The van der Waals surface area contributed by atoms with E-state index in [9.17, 15) is 14.9 Å². The standard InChI is InChI=1S/C17H19N3O3/c1-19(2)12-15-7-4-3-6-14(15)11-18-17(21)13-8-5-9-16(10-13)20(22)23/h3-10H,11-12H2,1-2H3,(H,18,21). The Bertz CT molecular complexity index is 714. The highest BCUT2D eigenvalue weighted by Crippen LogP contribution is 2.14. The molecule has 0 saturated heterocycles. The molecule has 23 heavy (non-hydrogen) atoms. The highest BCUT2D eigenvalue weighted by molar-refractivity contribution is 5.94. The molecule has 1 amide bonds. The van der Waals surface area contributed by atoms with Gasteiger partial charge in [0.1, 0.15) is 0 Å². The number of amides is 1. The van der Waals surface area contributed by atoms with Gasteiger partial charge in [0, 0.05) is 30.8 Å². The van der Waals surface area contributed by atoms with E-state index in [1.165, 1.54) is 18.2 Å². The van der Waals surface area contributed by atoms with Gasteiger partial charge in [-0.05, 0) is 31.3 Å². The predicted octanol–water partition coefficient (Wildman–Crippen LogP) is 2.59. The zero-order valence-electron chi connectivity index (χ0n) is 13.2. The molecule has 0 fully saturated rings. The Hall–Kier alpha value is -2.73. The van der Waals surface area contributed by atoms with Crippen molar-refractivity contribution in [1.82, 2.24) is 10.2 Å². The van der Waals surface area contributed by atoms with Crippen molar-refractivity contribution in [3.8, 4) is 0 Å². The second-order valence-corrected chi connectivity index (χ2v) is 5.50. The van der Waals surface area contributed by atoms with Gasteiger partial charge in [-0.25, -0.2) is 0 Å². The first-order chi connectivity index (χ1) is 11.0. The summed E-state index contributed by atoms with van der Waals surface area (Å²) in [6.07, 6.45) is 0. The molecule has 120 valence electrons. The first-order valence-electron chi connectivity index (χ1n) is 7.21. The Kier molecular flexibility index (Phi) is 5.43. The van der Waals surface area contributed by atoms with Crippen LogP contribution in [0, 0.1) is 10.1 Å². The van der Waals surface area contributed by atoms with Crippen LogP contribution in [-0.4, -0.2) is 29.8 Å². The first kappa shape index (κ1) is 16.6. The van der Waals surface area contributed by atoms with Crippen molar-refractivity contribution >= 4 is 11.6 Å². The number of carbonyl (C=O) groups is 1. The highest BCUT2D eigenvalue weighted by atomic mass is 16.6. The fraction of sp³-hybridized carbons (Fsp3) is 0.235. The highest BCUT2D eigenvalue weighted by Gasteiger charge is 2.12. The summed E-state index contributed by atoms with van der Waals surface area (Å²) < 4.78 is 0. The summed E-state index contributed by atoms with van der Waals surface area (Å²) in [5.41, 5.74) is 2.35. The lowest BCUT2D eigenvalue weighted by molar-refractivity contribution is -0.384. The van der Waals surface area contributed by atoms with E-state index in [1.807, 2.05) is 38.4 Å². The van der Waals surface area contributed by atoms with Crippen LogP contribution in [0.5, 0.6) is 0 Å². The van der Waals surface area contributed by atoms with E-state index in [1.54, 1.807) is 6.07 Å². The molecule has 0 heterocycles. The summed E-state index contributed by atoms with van der Waals surface area (Å²) in [5, 5.41) is 13.6. The molecule has 0 aliphatic rings. The number of nitro groups is 1. The average molecular weight is 313 g/mol. The molecule has 0 aromatic heterocycles. The Balaban J connectivity index is 2.08. The number of benzene rings is 2. The van der Waals surface area contributed by atoms with E-state index in [0.717, 1.165) is 17.7 Å². The maximum absolute atomic E-state index is 12.2. The van der Waals surface area contributed by atoms with Crippen LogP contribution in [0.25, 0.3) is 0 Å². The minimum absolute atomic E-state index is 0.0920. The summed E-state index contributed by atoms with van der Waals surface area (Å²) >= 11 is 0. The van der Waals surface area contributed by atoms with Crippen LogP contribution in [0.1, 0.15) is 21.5 Å². The molecule has 0 aliphatic carbocycles. The zero-order chi connectivity index (χ0) is 16.8. The fourth-order valence-electron chi connectivity index (χ4n) is 2.26. The smallest absolute Gasteiger partial charge is 0.270 e. The fourth-order valence-corrected chi connectivity index (χ4v) is 2.26.